The molecule has 0 fully saturated rings. The summed E-state index contributed by atoms with van der Waals surface area (Å²) in [7, 11) is 0. The molecule has 0 saturated carbocycles. The van der Waals surface area contributed by atoms with Gasteiger partial charge in [0.05, 0.1) is 23.9 Å². The lowest BCUT2D eigenvalue weighted by Crippen LogP contribution is -2.28. The van der Waals surface area contributed by atoms with Crippen molar-refractivity contribution >= 4 is 29.4 Å². The van der Waals surface area contributed by atoms with Crippen molar-refractivity contribution in [3.63, 3.8) is 0 Å². The summed E-state index contributed by atoms with van der Waals surface area (Å²) in [6.45, 7) is 3.09. The molecule has 0 bridgehead atoms. The van der Waals surface area contributed by atoms with E-state index in [1.807, 2.05) is 37.3 Å². The van der Waals surface area contributed by atoms with Crippen LogP contribution < -0.4 is 10.6 Å². The predicted octanol–water partition coefficient (Wildman–Crippen LogP) is 2.78. The first-order valence-corrected chi connectivity index (χ1v) is 9.67. The van der Waals surface area contributed by atoms with Gasteiger partial charge < -0.3 is 20.1 Å². The number of carbonyl (C=O) groups is 4. The van der Waals surface area contributed by atoms with Gasteiger partial charge in [-0.1, -0.05) is 42.5 Å². The van der Waals surface area contributed by atoms with Gasteiger partial charge in [0.1, 0.15) is 0 Å². The molecule has 31 heavy (non-hydrogen) atoms. The molecule has 0 aromatic heterocycles. The molecule has 1 atom stereocenters. The van der Waals surface area contributed by atoms with Gasteiger partial charge in [-0.2, -0.15) is 0 Å². The van der Waals surface area contributed by atoms with Crippen LogP contribution in [0.2, 0.25) is 0 Å². The molecule has 0 spiro atoms. The fourth-order valence-electron chi connectivity index (χ4n) is 2.59. The Morgan fingerprint density at radius 3 is 2.19 bits per heavy atom. The van der Waals surface area contributed by atoms with Crippen molar-refractivity contribution in [2.45, 2.75) is 19.9 Å². The molecular formula is C23H24N2O6. The maximum atomic E-state index is 12.7. The average molecular weight is 424 g/mol. The predicted molar refractivity (Wildman–Crippen MR) is 114 cm³/mol. The number of ether oxygens (including phenoxy) is 2. The van der Waals surface area contributed by atoms with Crippen LogP contribution in [0.1, 0.15) is 35.8 Å². The Kier molecular flexibility index (Phi) is 8.97. The second kappa shape index (κ2) is 11.9. The van der Waals surface area contributed by atoms with Crippen molar-refractivity contribution in [1.82, 2.24) is 5.32 Å². The Morgan fingerprint density at radius 2 is 1.52 bits per heavy atom. The first-order chi connectivity index (χ1) is 14.9. The minimum Gasteiger partial charge on any atom is -0.463 e. The minimum atomic E-state index is -0.870. The monoisotopic (exact) mass is 424 g/mol. The van der Waals surface area contributed by atoms with Gasteiger partial charge in [0.2, 0.25) is 0 Å². The SMILES string of the molecule is CCOC(=O)C=CC(=O)OCC(=O)Nc1ccccc1C(=O)NC(C)c1ccccc1. The first-order valence-electron chi connectivity index (χ1n) is 9.67. The van der Waals surface area contributed by atoms with Crippen LogP contribution in [-0.2, 0) is 23.9 Å². The highest BCUT2D eigenvalue weighted by Crippen LogP contribution is 2.18. The standard InChI is InChI=1S/C23H24N2O6/c1-3-30-21(27)13-14-22(28)31-15-20(26)25-19-12-8-7-11-18(19)23(29)24-16(2)17-9-5-4-6-10-17/h4-14,16H,3,15H2,1-2H3,(H,24,29)(H,25,26). The lowest BCUT2D eigenvalue weighted by atomic mass is 10.1. The van der Waals surface area contributed by atoms with E-state index in [2.05, 4.69) is 15.4 Å². The van der Waals surface area contributed by atoms with Crippen molar-refractivity contribution in [3.8, 4) is 0 Å². The number of para-hydroxylation sites is 1. The van der Waals surface area contributed by atoms with Crippen LogP contribution >= 0.6 is 0 Å². The Balaban J connectivity index is 1.94. The van der Waals surface area contributed by atoms with Crippen LogP contribution in [-0.4, -0.2) is 37.0 Å². The largest absolute Gasteiger partial charge is 0.463 e. The van der Waals surface area contributed by atoms with Crippen LogP contribution in [0.15, 0.2) is 66.7 Å². The number of esters is 2. The summed E-state index contributed by atoms with van der Waals surface area (Å²) >= 11 is 0. The Hall–Kier alpha value is -3.94. The summed E-state index contributed by atoms with van der Waals surface area (Å²) in [6, 6.07) is 15.7. The van der Waals surface area contributed by atoms with E-state index in [0.29, 0.717) is 0 Å². The zero-order valence-electron chi connectivity index (χ0n) is 17.3. The lowest BCUT2D eigenvalue weighted by molar-refractivity contribution is -0.143. The number of nitrogens with one attached hydrogen (secondary N) is 2. The van der Waals surface area contributed by atoms with Gasteiger partial charge in [-0.15, -0.1) is 0 Å². The van der Waals surface area contributed by atoms with Gasteiger partial charge in [-0.3, -0.25) is 9.59 Å². The van der Waals surface area contributed by atoms with Gasteiger partial charge in [0, 0.05) is 12.2 Å². The number of hydrogen-bond donors (Lipinski definition) is 2. The Morgan fingerprint density at radius 1 is 0.903 bits per heavy atom. The van der Waals surface area contributed by atoms with E-state index >= 15 is 0 Å². The molecule has 162 valence electrons. The lowest BCUT2D eigenvalue weighted by Gasteiger charge is -2.16. The van der Waals surface area contributed by atoms with Gasteiger partial charge >= 0.3 is 11.9 Å². The number of carbonyl (C=O) groups excluding carboxylic acids is 4. The van der Waals surface area contributed by atoms with Crippen molar-refractivity contribution < 1.29 is 28.7 Å². The highest BCUT2D eigenvalue weighted by molar-refractivity contribution is 6.04. The molecule has 2 N–H and O–H groups in total. The topological polar surface area (TPSA) is 111 Å². The number of hydrogen-bond acceptors (Lipinski definition) is 6. The molecule has 8 heteroatoms. The van der Waals surface area contributed by atoms with Crippen LogP contribution in [0.5, 0.6) is 0 Å². The average Bonchev–Trinajstić information content (AvgIpc) is 2.77. The number of amides is 2. The molecular weight excluding hydrogens is 400 g/mol. The third-order valence-electron chi connectivity index (χ3n) is 4.08. The molecule has 8 nitrogen and oxygen atoms in total. The number of benzene rings is 2. The smallest absolute Gasteiger partial charge is 0.331 e. The van der Waals surface area contributed by atoms with E-state index in [1.54, 1.807) is 31.2 Å². The normalized spacial score (nSPS) is 11.4. The van der Waals surface area contributed by atoms with E-state index in [9.17, 15) is 19.2 Å². The van der Waals surface area contributed by atoms with Gasteiger partial charge in [0.15, 0.2) is 6.61 Å². The Bertz CT molecular complexity index is 956. The van der Waals surface area contributed by atoms with Crippen LogP contribution in [0.25, 0.3) is 0 Å². The van der Waals surface area contributed by atoms with Crippen molar-refractivity contribution in [3.05, 3.63) is 77.9 Å². The molecule has 0 aliphatic carbocycles. The summed E-state index contributed by atoms with van der Waals surface area (Å²) in [5.74, 6) is -2.55. The summed E-state index contributed by atoms with van der Waals surface area (Å²) in [5.41, 5.74) is 1.50. The summed E-state index contributed by atoms with van der Waals surface area (Å²) in [6.07, 6.45) is 1.79. The second-order valence-electron chi connectivity index (χ2n) is 6.39. The Labute approximate surface area is 180 Å². The van der Waals surface area contributed by atoms with E-state index in [0.717, 1.165) is 17.7 Å². The maximum Gasteiger partial charge on any atom is 0.331 e. The van der Waals surface area contributed by atoms with Crippen molar-refractivity contribution in [2.75, 3.05) is 18.5 Å². The molecule has 0 aliphatic heterocycles. The molecule has 2 aromatic carbocycles. The van der Waals surface area contributed by atoms with Crippen LogP contribution in [0, 0.1) is 0 Å². The zero-order valence-corrected chi connectivity index (χ0v) is 17.3. The van der Waals surface area contributed by atoms with Gasteiger partial charge in [0.25, 0.3) is 11.8 Å². The molecule has 2 rings (SSSR count). The number of rotatable bonds is 9. The van der Waals surface area contributed by atoms with Gasteiger partial charge in [-0.05, 0) is 31.5 Å². The van der Waals surface area contributed by atoms with Crippen molar-refractivity contribution in [2.24, 2.45) is 0 Å². The van der Waals surface area contributed by atoms with E-state index in [1.165, 1.54) is 0 Å². The zero-order chi connectivity index (χ0) is 22.6. The van der Waals surface area contributed by atoms with E-state index in [4.69, 9.17) is 4.74 Å². The third kappa shape index (κ3) is 7.77. The number of anilines is 1. The molecule has 0 saturated heterocycles. The molecule has 0 aliphatic rings. The van der Waals surface area contributed by atoms with Crippen molar-refractivity contribution in [1.29, 1.82) is 0 Å². The highest BCUT2D eigenvalue weighted by atomic mass is 16.5. The first kappa shape index (κ1) is 23.3. The minimum absolute atomic E-state index is 0.178. The van der Waals surface area contributed by atoms with Crippen LogP contribution in [0.4, 0.5) is 5.69 Å². The molecule has 2 amide bonds. The van der Waals surface area contributed by atoms with E-state index < -0.39 is 24.5 Å². The molecule has 0 radical (unpaired) electrons. The molecule has 1 unspecified atom stereocenters. The fourth-order valence-corrected chi connectivity index (χ4v) is 2.59. The quantitative estimate of drug-likeness (QED) is 0.473. The maximum absolute atomic E-state index is 12.7. The van der Waals surface area contributed by atoms with Gasteiger partial charge in [-0.25, -0.2) is 9.59 Å². The summed E-state index contributed by atoms with van der Waals surface area (Å²) in [4.78, 5) is 47.6. The molecule has 0 heterocycles. The summed E-state index contributed by atoms with van der Waals surface area (Å²) < 4.78 is 9.42. The third-order valence-corrected chi connectivity index (χ3v) is 4.08. The molecule has 2 aromatic rings. The highest BCUT2D eigenvalue weighted by Gasteiger charge is 2.16. The summed E-state index contributed by atoms with van der Waals surface area (Å²) in [5, 5.41) is 5.44. The second-order valence-corrected chi connectivity index (χ2v) is 6.39. The van der Waals surface area contributed by atoms with Crippen LogP contribution in [0.3, 0.4) is 0 Å². The van der Waals surface area contributed by atoms with E-state index in [-0.39, 0.29) is 29.8 Å². The fraction of sp³-hybridized carbons (Fsp3) is 0.217.